The Labute approximate surface area is 120 Å². The molecule has 1 unspecified atom stereocenters. The summed E-state index contributed by atoms with van der Waals surface area (Å²) in [5, 5.41) is 12.9. The van der Waals surface area contributed by atoms with E-state index < -0.39 is 0 Å². The molecule has 0 bridgehead atoms. The van der Waals surface area contributed by atoms with Gasteiger partial charge in [0.25, 0.3) is 0 Å². The van der Waals surface area contributed by atoms with Crippen molar-refractivity contribution in [3.8, 4) is 11.5 Å². The van der Waals surface area contributed by atoms with Crippen molar-refractivity contribution in [2.24, 2.45) is 0 Å². The number of ether oxygens (including phenoxy) is 1. The third-order valence-electron chi connectivity index (χ3n) is 4.26. The molecule has 2 N–H and O–H groups in total. The lowest BCUT2D eigenvalue weighted by molar-refractivity contribution is 0.158. The first kappa shape index (κ1) is 13.7. The van der Waals surface area contributed by atoms with Crippen LogP contribution < -0.4 is 10.1 Å². The summed E-state index contributed by atoms with van der Waals surface area (Å²) in [5.41, 5.74) is 1.19. The van der Waals surface area contributed by atoms with Crippen molar-refractivity contribution >= 4 is 0 Å². The Morgan fingerprint density at radius 1 is 1.40 bits per heavy atom. The number of phenols is 1. The molecule has 0 radical (unpaired) electrons. The second-order valence-corrected chi connectivity index (χ2v) is 5.62. The molecule has 0 spiro atoms. The van der Waals surface area contributed by atoms with Crippen LogP contribution >= 0.6 is 0 Å². The van der Waals surface area contributed by atoms with E-state index in [2.05, 4.69) is 22.2 Å². The third kappa shape index (κ3) is 2.90. The second-order valence-electron chi connectivity index (χ2n) is 5.62. The Bertz CT molecular complexity index is 460. The number of rotatable bonds is 4. The summed E-state index contributed by atoms with van der Waals surface area (Å²) in [7, 11) is 2.15. The fourth-order valence-electron chi connectivity index (χ4n) is 2.94. The smallest absolute Gasteiger partial charge is 0.127 e. The highest BCUT2D eigenvalue weighted by atomic mass is 16.5. The predicted octanol–water partition coefficient (Wildman–Crippen LogP) is 0.663. The van der Waals surface area contributed by atoms with Gasteiger partial charge in [-0.1, -0.05) is 0 Å². The van der Waals surface area contributed by atoms with Gasteiger partial charge in [-0.3, -0.25) is 9.80 Å². The molecule has 0 saturated carbocycles. The highest BCUT2D eigenvalue weighted by Gasteiger charge is 2.27. The van der Waals surface area contributed by atoms with Crippen molar-refractivity contribution < 1.29 is 9.84 Å². The largest absolute Gasteiger partial charge is 0.508 e. The van der Waals surface area contributed by atoms with Gasteiger partial charge in [0.05, 0.1) is 6.04 Å². The van der Waals surface area contributed by atoms with Crippen molar-refractivity contribution in [2.45, 2.75) is 6.04 Å². The number of hydrogen-bond acceptors (Lipinski definition) is 5. The molecule has 2 aliphatic heterocycles. The van der Waals surface area contributed by atoms with Crippen LogP contribution in [0.5, 0.6) is 11.5 Å². The maximum absolute atomic E-state index is 9.49. The third-order valence-corrected chi connectivity index (χ3v) is 4.26. The first-order valence-electron chi connectivity index (χ1n) is 7.33. The Hall–Kier alpha value is -1.30. The fraction of sp³-hybridized carbons (Fsp3) is 0.600. The Morgan fingerprint density at radius 3 is 3.00 bits per heavy atom. The molecule has 2 aliphatic rings. The number of nitrogens with one attached hydrogen (secondary N) is 1. The summed E-state index contributed by atoms with van der Waals surface area (Å²) in [6.45, 7) is 7.28. The predicted molar refractivity (Wildman–Crippen MR) is 78.3 cm³/mol. The van der Waals surface area contributed by atoms with Crippen LogP contribution in [-0.4, -0.2) is 67.8 Å². The molecule has 5 heteroatoms. The molecule has 1 atom stereocenters. The van der Waals surface area contributed by atoms with Gasteiger partial charge in [0, 0.05) is 50.9 Å². The van der Waals surface area contributed by atoms with Gasteiger partial charge in [-0.05, 0) is 19.2 Å². The number of piperazine rings is 1. The summed E-state index contributed by atoms with van der Waals surface area (Å²) < 4.78 is 5.68. The first-order chi connectivity index (χ1) is 9.74. The molecule has 1 saturated heterocycles. The number of likely N-dealkylation sites (N-methyl/N-ethyl adjacent to an activating group) is 1. The van der Waals surface area contributed by atoms with Crippen LogP contribution in [0.1, 0.15) is 11.6 Å². The minimum absolute atomic E-state index is 0.271. The molecule has 1 fully saturated rings. The van der Waals surface area contributed by atoms with E-state index in [1.807, 2.05) is 6.07 Å². The van der Waals surface area contributed by atoms with Gasteiger partial charge >= 0.3 is 0 Å². The van der Waals surface area contributed by atoms with E-state index in [0.29, 0.717) is 12.6 Å². The van der Waals surface area contributed by atoms with Crippen molar-refractivity contribution in [3.05, 3.63) is 23.8 Å². The molecule has 5 nitrogen and oxygen atoms in total. The molecule has 0 aliphatic carbocycles. The maximum atomic E-state index is 9.49. The van der Waals surface area contributed by atoms with Crippen molar-refractivity contribution in [3.63, 3.8) is 0 Å². The van der Waals surface area contributed by atoms with Crippen LogP contribution in [0.4, 0.5) is 0 Å². The maximum Gasteiger partial charge on any atom is 0.127 e. The SMILES string of the molecule is CN(CCN1CCNCC1)C1COc2cc(O)ccc21. The average Bonchev–Trinajstić information content (AvgIpc) is 2.89. The van der Waals surface area contributed by atoms with Gasteiger partial charge in [0.2, 0.25) is 0 Å². The number of hydrogen-bond donors (Lipinski definition) is 2. The number of fused-ring (bicyclic) bond motifs is 1. The van der Waals surface area contributed by atoms with E-state index in [9.17, 15) is 5.11 Å². The Balaban J connectivity index is 1.57. The van der Waals surface area contributed by atoms with Crippen LogP contribution in [0.3, 0.4) is 0 Å². The van der Waals surface area contributed by atoms with Gasteiger partial charge in [0.15, 0.2) is 0 Å². The van der Waals surface area contributed by atoms with Gasteiger partial charge in [-0.2, -0.15) is 0 Å². The Morgan fingerprint density at radius 2 is 2.20 bits per heavy atom. The van der Waals surface area contributed by atoms with Crippen LogP contribution in [0.2, 0.25) is 0 Å². The Kier molecular flexibility index (Phi) is 4.10. The summed E-state index contributed by atoms with van der Waals surface area (Å²) in [6.07, 6.45) is 0. The summed E-state index contributed by atoms with van der Waals surface area (Å²) in [5.74, 6) is 1.09. The first-order valence-corrected chi connectivity index (χ1v) is 7.33. The molecule has 3 rings (SSSR count). The topological polar surface area (TPSA) is 48.0 Å². The van der Waals surface area contributed by atoms with E-state index in [4.69, 9.17) is 4.74 Å². The van der Waals surface area contributed by atoms with Gasteiger partial charge in [-0.25, -0.2) is 0 Å². The van der Waals surface area contributed by atoms with E-state index in [0.717, 1.165) is 45.0 Å². The highest BCUT2D eigenvalue weighted by Crippen LogP contribution is 2.37. The normalized spacial score (nSPS) is 22.8. The van der Waals surface area contributed by atoms with Crippen molar-refractivity contribution in [2.75, 3.05) is 52.9 Å². The molecule has 0 amide bonds. The van der Waals surface area contributed by atoms with Gasteiger partial charge < -0.3 is 15.2 Å². The van der Waals surface area contributed by atoms with Gasteiger partial charge in [0.1, 0.15) is 18.1 Å². The summed E-state index contributed by atoms with van der Waals surface area (Å²) in [6, 6.07) is 5.72. The number of benzene rings is 1. The van der Waals surface area contributed by atoms with E-state index in [1.54, 1.807) is 12.1 Å². The second kappa shape index (κ2) is 5.99. The number of aromatic hydroxyl groups is 1. The van der Waals surface area contributed by atoms with E-state index in [-0.39, 0.29) is 5.75 Å². The lowest BCUT2D eigenvalue weighted by Crippen LogP contribution is -2.46. The van der Waals surface area contributed by atoms with Crippen molar-refractivity contribution in [1.82, 2.24) is 15.1 Å². The number of nitrogens with zero attached hydrogens (tertiary/aromatic N) is 2. The zero-order valence-corrected chi connectivity index (χ0v) is 12.0. The van der Waals surface area contributed by atoms with Gasteiger partial charge in [-0.15, -0.1) is 0 Å². The standard InChI is InChI=1S/C15H23N3O2/c1-17(8-9-18-6-4-16-5-7-18)14-11-20-15-10-12(19)2-3-13(14)15/h2-3,10,14,16,19H,4-9,11H2,1H3. The van der Waals surface area contributed by atoms with E-state index >= 15 is 0 Å². The average molecular weight is 277 g/mol. The van der Waals surface area contributed by atoms with Crippen molar-refractivity contribution in [1.29, 1.82) is 0 Å². The van der Waals surface area contributed by atoms with Crippen LogP contribution in [0.15, 0.2) is 18.2 Å². The fourth-order valence-corrected chi connectivity index (χ4v) is 2.94. The minimum Gasteiger partial charge on any atom is -0.508 e. The molecule has 2 heterocycles. The molecule has 1 aromatic rings. The lowest BCUT2D eigenvalue weighted by atomic mass is 10.1. The van der Waals surface area contributed by atoms with Crippen LogP contribution in [0, 0.1) is 0 Å². The van der Waals surface area contributed by atoms with E-state index in [1.165, 1.54) is 5.56 Å². The number of phenolic OH excluding ortho intramolecular Hbond substituents is 1. The molecule has 20 heavy (non-hydrogen) atoms. The molecular weight excluding hydrogens is 254 g/mol. The quantitative estimate of drug-likeness (QED) is 0.847. The lowest BCUT2D eigenvalue weighted by Gasteiger charge is -2.30. The monoisotopic (exact) mass is 277 g/mol. The minimum atomic E-state index is 0.271. The zero-order chi connectivity index (χ0) is 13.9. The van der Waals surface area contributed by atoms with Crippen LogP contribution in [-0.2, 0) is 0 Å². The molecule has 0 aromatic heterocycles. The summed E-state index contributed by atoms with van der Waals surface area (Å²) >= 11 is 0. The summed E-state index contributed by atoms with van der Waals surface area (Å²) in [4.78, 5) is 4.85. The highest BCUT2D eigenvalue weighted by molar-refractivity contribution is 5.44. The zero-order valence-electron chi connectivity index (χ0n) is 12.0. The molecule has 110 valence electrons. The van der Waals surface area contributed by atoms with Crippen LogP contribution in [0.25, 0.3) is 0 Å². The molecular formula is C15H23N3O2. The molecule has 1 aromatic carbocycles.